The van der Waals surface area contributed by atoms with Crippen LogP contribution in [0.1, 0.15) is 12.2 Å². The van der Waals surface area contributed by atoms with E-state index in [9.17, 15) is 0 Å². The first-order chi connectivity index (χ1) is 12.2. The van der Waals surface area contributed by atoms with E-state index in [1.807, 2.05) is 31.3 Å². The maximum absolute atomic E-state index is 5.31. The van der Waals surface area contributed by atoms with Gasteiger partial charge in [-0.25, -0.2) is 15.0 Å². The smallest absolute Gasteiger partial charge is 0.187 e. The van der Waals surface area contributed by atoms with Gasteiger partial charge in [0, 0.05) is 25.4 Å². The van der Waals surface area contributed by atoms with Gasteiger partial charge in [0.15, 0.2) is 5.13 Å². The number of methoxy groups -OCH3 is 1. The monoisotopic (exact) mass is 353 g/mol. The van der Waals surface area contributed by atoms with Gasteiger partial charge < -0.3 is 14.5 Å². The highest BCUT2D eigenvalue weighted by molar-refractivity contribution is 7.22. The number of fused-ring (bicyclic) bond motifs is 3. The van der Waals surface area contributed by atoms with Crippen molar-refractivity contribution in [1.82, 2.24) is 15.0 Å². The minimum absolute atomic E-state index is 0.511. The summed E-state index contributed by atoms with van der Waals surface area (Å²) in [7, 11) is 1.69. The van der Waals surface area contributed by atoms with Crippen molar-refractivity contribution < 1.29 is 4.74 Å². The maximum Gasteiger partial charge on any atom is 0.187 e. The Labute approximate surface area is 150 Å². The van der Waals surface area contributed by atoms with Crippen molar-refractivity contribution in [2.75, 3.05) is 30.0 Å². The Morgan fingerprint density at radius 3 is 2.76 bits per heavy atom. The fourth-order valence-corrected chi connectivity index (χ4v) is 4.95. The van der Waals surface area contributed by atoms with Gasteiger partial charge in [-0.3, -0.25) is 0 Å². The van der Waals surface area contributed by atoms with E-state index < -0.39 is 0 Å². The summed E-state index contributed by atoms with van der Waals surface area (Å²) in [5.41, 5.74) is 1.02. The van der Waals surface area contributed by atoms with E-state index in [-0.39, 0.29) is 0 Å². The lowest BCUT2D eigenvalue weighted by atomic mass is 9.88. The molecule has 3 aliphatic heterocycles. The predicted molar refractivity (Wildman–Crippen MR) is 99.8 cm³/mol. The van der Waals surface area contributed by atoms with Crippen molar-refractivity contribution in [3.05, 3.63) is 36.3 Å². The van der Waals surface area contributed by atoms with Gasteiger partial charge in [-0.2, -0.15) is 0 Å². The Balaban J connectivity index is 1.39. The first-order valence-electron chi connectivity index (χ1n) is 8.49. The molecule has 3 aliphatic rings. The van der Waals surface area contributed by atoms with Crippen LogP contribution in [0.15, 0.2) is 30.5 Å². The van der Waals surface area contributed by atoms with Crippen LogP contribution >= 0.6 is 11.3 Å². The third-order valence-corrected chi connectivity index (χ3v) is 6.13. The summed E-state index contributed by atoms with van der Waals surface area (Å²) in [4.78, 5) is 18.5. The Kier molecular flexibility index (Phi) is 3.31. The first kappa shape index (κ1) is 14.9. The van der Waals surface area contributed by atoms with Gasteiger partial charge in [-0.15, -0.1) is 0 Å². The molecule has 0 N–H and O–H groups in total. The SMILES string of the molecule is COc1ccc2sc(N3C4CC3CN(c3ccnc(C)n3)C4)nc2c1. The van der Waals surface area contributed by atoms with E-state index in [2.05, 4.69) is 25.8 Å². The molecular weight excluding hydrogens is 334 g/mol. The van der Waals surface area contributed by atoms with Gasteiger partial charge >= 0.3 is 0 Å². The van der Waals surface area contributed by atoms with Crippen LogP contribution < -0.4 is 14.5 Å². The lowest BCUT2D eigenvalue weighted by Gasteiger charge is -2.56. The molecule has 2 atom stereocenters. The number of rotatable bonds is 3. The van der Waals surface area contributed by atoms with Crippen LogP contribution in [0, 0.1) is 6.92 Å². The molecule has 3 saturated heterocycles. The second-order valence-corrected chi connectivity index (χ2v) is 7.66. The van der Waals surface area contributed by atoms with Crippen molar-refractivity contribution in [3.8, 4) is 5.75 Å². The van der Waals surface area contributed by atoms with E-state index in [1.165, 1.54) is 11.1 Å². The number of nitrogens with zero attached hydrogens (tertiary/aromatic N) is 5. The van der Waals surface area contributed by atoms with Crippen LogP contribution in [0.25, 0.3) is 10.2 Å². The van der Waals surface area contributed by atoms with E-state index >= 15 is 0 Å². The summed E-state index contributed by atoms with van der Waals surface area (Å²) >= 11 is 1.77. The topological polar surface area (TPSA) is 54.4 Å². The normalized spacial score (nSPS) is 22.2. The van der Waals surface area contributed by atoms with Crippen molar-refractivity contribution in [3.63, 3.8) is 0 Å². The molecule has 1 aromatic carbocycles. The average molecular weight is 353 g/mol. The minimum Gasteiger partial charge on any atom is -0.497 e. The van der Waals surface area contributed by atoms with Crippen LogP contribution in [0.2, 0.25) is 0 Å². The fourth-order valence-electron chi connectivity index (χ4n) is 3.86. The predicted octanol–water partition coefficient (Wildman–Crippen LogP) is 2.87. The lowest BCUT2D eigenvalue weighted by molar-refractivity contribution is 0.290. The molecule has 25 heavy (non-hydrogen) atoms. The number of benzene rings is 1. The molecule has 2 bridgehead atoms. The average Bonchev–Trinajstić information content (AvgIpc) is 3.03. The standard InChI is InChI=1S/C18H19N5OS/c1-11-19-6-5-17(20-11)22-9-12-7-13(10-22)23(12)18-21-15-8-14(24-2)3-4-16(15)25-18/h3-6,8,12-13H,7,9-10H2,1-2H3. The second-order valence-electron chi connectivity index (χ2n) is 6.65. The maximum atomic E-state index is 5.31. The quantitative estimate of drug-likeness (QED) is 0.722. The van der Waals surface area contributed by atoms with Crippen LogP contribution in [-0.2, 0) is 0 Å². The number of piperidine rings is 1. The lowest BCUT2D eigenvalue weighted by Crippen LogP contribution is -2.69. The molecule has 0 aliphatic carbocycles. The molecule has 2 unspecified atom stereocenters. The molecule has 0 spiro atoms. The van der Waals surface area contributed by atoms with Gasteiger partial charge in [-0.1, -0.05) is 11.3 Å². The largest absolute Gasteiger partial charge is 0.497 e. The highest BCUT2D eigenvalue weighted by Gasteiger charge is 2.46. The number of aromatic nitrogens is 3. The van der Waals surface area contributed by atoms with Gasteiger partial charge in [0.1, 0.15) is 17.4 Å². The molecule has 0 amide bonds. The van der Waals surface area contributed by atoms with Gasteiger partial charge in [0.05, 0.1) is 29.4 Å². The summed E-state index contributed by atoms with van der Waals surface area (Å²) in [6.07, 6.45) is 3.08. The molecule has 3 fully saturated rings. The molecule has 0 saturated carbocycles. The highest BCUT2D eigenvalue weighted by Crippen LogP contribution is 2.41. The third kappa shape index (κ3) is 2.41. The molecule has 7 heteroatoms. The van der Waals surface area contributed by atoms with Crippen molar-refractivity contribution in [2.24, 2.45) is 0 Å². The number of ether oxygens (including phenoxy) is 1. The molecule has 3 aromatic rings. The molecule has 0 radical (unpaired) electrons. The van der Waals surface area contributed by atoms with Crippen LogP contribution in [0.4, 0.5) is 10.9 Å². The summed E-state index contributed by atoms with van der Waals surface area (Å²) in [6, 6.07) is 9.14. The van der Waals surface area contributed by atoms with Crippen LogP contribution in [0.5, 0.6) is 5.75 Å². The van der Waals surface area contributed by atoms with E-state index in [0.717, 1.165) is 41.1 Å². The van der Waals surface area contributed by atoms with Crippen molar-refractivity contribution in [2.45, 2.75) is 25.4 Å². The number of aryl methyl sites for hydroxylation is 1. The molecular formula is C18H19N5OS. The molecule has 6 nitrogen and oxygen atoms in total. The minimum atomic E-state index is 0.511. The zero-order valence-corrected chi connectivity index (χ0v) is 15.0. The Bertz CT molecular complexity index is 930. The third-order valence-electron chi connectivity index (χ3n) is 5.08. The summed E-state index contributed by atoms with van der Waals surface area (Å²) in [5.74, 6) is 2.73. The van der Waals surface area contributed by atoms with Crippen LogP contribution in [-0.4, -0.2) is 47.2 Å². The summed E-state index contributed by atoms with van der Waals surface area (Å²) < 4.78 is 6.52. The zero-order chi connectivity index (χ0) is 17.0. The Hall–Kier alpha value is -2.41. The second kappa shape index (κ2) is 5.56. The van der Waals surface area contributed by atoms with Gasteiger partial charge in [0.2, 0.25) is 0 Å². The molecule has 128 valence electrons. The first-order valence-corrected chi connectivity index (χ1v) is 9.30. The van der Waals surface area contributed by atoms with E-state index in [0.29, 0.717) is 12.1 Å². The number of hydrogen-bond acceptors (Lipinski definition) is 7. The van der Waals surface area contributed by atoms with Gasteiger partial charge in [0.25, 0.3) is 0 Å². The number of hydrogen-bond donors (Lipinski definition) is 0. The van der Waals surface area contributed by atoms with Crippen molar-refractivity contribution in [1.29, 1.82) is 0 Å². The van der Waals surface area contributed by atoms with Crippen molar-refractivity contribution >= 4 is 32.5 Å². The summed E-state index contributed by atoms with van der Waals surface area (Å²) in [5, 5.41) is 1.13. The Morgan fingerprint density at radius 1 is 1.16 bits per heavy atom. The van der Waals surface area contributed by atoms with Crippen LogP contribution in [0.3, 0.4) is 0 Å². The number of anilines is 2. The highest BCUT2D eigenvalue weighted by atomic mass is 32.1. The zero-order valence-electron chi connectivity index (χ0n) is 14.2. The summed E-state index contributed by atoms with van der Waals surface area (Å²) in [6.45, 7) is 3.92. The molecule has 6 rings (SSSR count). The number of thiazole rings is 1. The molecule has 2 aromatic heterocycles. The Morgan fingerprint density at radius 2 is 2.00 bits per heavy atom. The van der Waals surface area contributed by atoms with E-state index in [1.54, 1.807) is 18.4 Å². The number of piperazine rings is 1. The van der Waals surface area contributed by atoms with E-state index in [4.69, 9.17) is 9.72 Å². The molecule has 5 heterocycles. The fraction of sp³-hybridized carbons (Fsp3) is 0.389. The van der Waals surface area contributed by atoms with Gasteiger partial charge in [-0.05, 0) is 31.5 Å².